The zero-order valence-electron chi connectivity index (χ0n) is 13.8. The average Bonchev–Trinajstić information content (AvgIpc) is 2.98. The molecular weight excluding hydrogens is 346 g/mol. The number of aromatic amines is 1. The molecule has 0 radical (unpaired) electrons. The van der Waals surface area contributed by atoms with E-state index in [0.29, 0.717) is 22.5 Å². The first kappa shape index (κ1) is 17.1. The number of thiophene rings is 1. The Morgan fingerprint density at radius 2 is 2.08 bits per heavy atom. The molecule has 3 heterocycles. The summed E-state index contributed by atoms with van der Waals surface area (Å²) < 4.78 is 0. The molecule has 2 aromatic heterocycles. The number of aryl methyl sites for hydroxylation is 2. The van der Waals surface area contributed by atoms with Crippen LogP contribution < -0.4 is 16.2 Å². The first-order valence-corrected chi connectivity index (χ1v) is 8.51. The van der Waals surface area contributed by atoms with Gasteiger partial charge in [0.15, 0.2) is 0 Å². The van der Waals surface area contributed by atoms with E-state index in [1.807, 2.05) is 13.8 Å². The number of hydrogen-bond donors (Lipinski definition) is 3. The fraction of sp³-hybridized carbons (Fsp3) is 0.400. The Morgan fingerprint density at radius 3 is 2.76 bits per heavy atom. The quantitative estimate of drug-likeness (QED) is 0.635. The van der Waals surface area contributed by atoms with Gasteiger partial charge in [0.05, 0.1) is 5.39 Å². The molecule has 2 aromatic rings. The van der Waals surface area contributed by atoms with E-state index in [0.717, 1.165) is 15.3 Å². The molecule has 0 unspecified atom stereocenters. The summed E-state index contributed by atoms with van der Waals surface area (Å²) in [6.45, 7) is 3.79. The van der Waals surface area contributed by atoms with Crippen molar-refractivity contribution >= 4 is 39.4 Å². The highest BCUT2D eigenvalue weighted by atomic mass is 32.1. The first-order valence-electron chi connectivity index (χ1n) is 7.69. The van der Waals surface area contributed by atoms with Gasteiger partial charge in [-0.1, -0.05) is 0 Å². The monoisotopic (exact) mass is 363 g/mol. The zero-order valence-corrected chi connectivity index (χ0v) is 14.6. The van der Waals surface area contributed by atoms with Crippen LogP contribution in [0.2, 0.25) is 0 Å². The van der Waals surface area contributed by atoms with Crippen LogP contribution in [-0.4, -0.2) is 52.3 Å². The lowest BCUT2D eigenvalue weighted by molar-refractivity contribution is -0.121. The summed E-state index contributed by atoms with van der Waals surface area (Å²) in [5.74, 6) is -0.307. The highest BCUT2D eigenvalue weighted by Gasteiger charge is 2.28. The molecular formula is C15H17N5O4S. The number of fused-ring (bicyclic) bond motifs is 1. The second-order valence-corrected chi connectivity index (χ2v) is 6.99. The summed E-state index contributed by atoms with van der Waals surface area (Å²) in [5, 5.41) is 5.36. The molecule has 10 heteroatoms. The number of nitrogens with one attached hydrogen (secondary N) is 3. The Balaban J connectivity index is 1.58. The number of nitrogens with zero attached hydrogens (tertiary/aromatic N) is 2. The Morgan fingerprint density at radius 1 is 1.32 bits per heavy atom. The number of imide groups is 1. The smallest absolute Gasteiger partial charge is 0.325 e. The summed E-state index contributed by atoms with van der Waals surface area (Å²) in [4.78, 5) is 56.5. The lowest BCUT2D eigenvalue weighted by atomic mass is 10.2. The molecule has 132 valence electrons. The highest BCUT2D eigenvalue weighted by Crippen LogP contribution is 2.25. The minimum absolute atomic E-state index is 0.116. The van der Waals surface area contributed by atoms with Gasteiger partial charge in [-0.15, -0.1) is 11.3 Å². The van der Waals surface area contributed by atoms with E-state index in [2.05, 4.69) is 20.6 Å². The maximum Gasteiger partial charge on any atom is 0.325 e. The molecule has 1 fully saturated rings. The molecule has 1 aliphatic heterocycles. The second kappa shape index (κ2) is 6.63. The molecule has 0 saturated carbocycles. The molecule has 4 amide bonds. The van der Waals surface area contributed by atoms with E-state index in [1.165, 1.54) is 11.3 Å². The van der Waals surface area contributed by atoms with Crippen molar-refractivity contribution in [2.24, 2.45) is 0 Å². The molecule has 1 aliphatic rings. The number of hydrogen-bond acceptors (Lipinski definition) is 6. The standard InChI is InChI=1S/C15H17N5O4S/c1-7-8(2)25-14-12(7)13(23)17-9(18-14)3-4-16-10(21)5-20-6-11(22)19-15(20)24/h3-6H2,1-2H3,(H,16,21)(H,17,18,23)(H,19,22,24). The number of H-pyrrole nitrogens is 1. The van der Waals surface area contributed by atoms with Crippen LogP contribution in [0.1, 0.15) is 16.3 Å². The summed E-state index contributed by atoms with van der Waals surface area (Å²) in [5.41, 5.74) is 0.757. The third kappa shape index (κ3) is 3.53. The summed E-state index contributed by atoms with van der Waals surface area (Å²) in [6.07, 6.45) is 0.359. The molecule has 25 heavy (non-hydrogen) atoms. The van der Waals surface area contributed by atoms with Gasteiger partial charge in [0.2, 0.25) is 11.8 Å². The zero-order chi connectivity index (χ0) is 18.1. The molecule has 3 rings (SSSR count). The Bertz CT molecular complexity index is 932. The van der Waals surface area contributed by atoms with Gasteiger partial charge in [0, 0.05) is 17.8 Å². The third-order valence-electron chi connectivity index (χ3n) is 3.97. The minimum atomic E-state index is -0.569. The van der Waals surface area contributed by atoms with Crippen LogP contribution in [0.3, 0.4) is 0 Å². The molecule has 0 spiro atoms. The SMILES string of the molecule is Cc1sc2nc(CCNC(=O)CN3CC(=O)NC3=O)[nH]c(=O)c2c1C. The van der Waals surface area contributed by atoms with E-state index < -0.39 is 11.9 Å². The van der Waals surface area contributed by atoms with Crippen LogP contribution in [0.25, 0.3) is 10.2 Å². The minimum Gasteiger partial charge on any atom is -0.354 e. The van der Waals surface area contributed by atoms with Crippen molar-refractivity contribution < 1.29 is 14.4 Å². The number of aromatic nitrogens is 2. The Kier molecular flexibility index (Phi) is 4.53. The molecule has 3 N–H and O–H groups in total. The van der Waals surface area contributed by atoms with Crippen LogP contribution in [0.4, 0.5) is 4.79 Å². The number of urea groups is 1. The van der Waals surface area contributed by atoms with Crippen molar-refractivity contribution in [3.05, 3.63) is 26.6 Å². The lowest BCUT2D eigenvalue weighted by Crippen LogP contribution is -2.39. The molecule has 0 aromatic carbocycles. The molecule has 0 atom stereocenters. The van der Waals surface area contributed by atoms with Gasteiger partial charge < -0.3 is 15.2 Å². The molecule has 0 aliphatic carbocycles. The maximum atomic E-state index is 12.2. The normalized spacial score (nSPS) is 14.2. The van der Waals surface area contributed by atoms with Gasteiger partial charge in [-0.3, -0.25) is 19.7 Å². The van der Waals surface area contributed by atoms with E-state index in [4.69, 9.17) is 0 Å². The van der Waals surface area contributed by atoms with Crippen LogP contribution in [-0.2, 0) is 16.0 Å². The van der Waals surface area contributed by atoms with Crippen molar-refractivity contribution in [2.45, 2.75) is 20.3 Å². The van der Waals surface area contributed by atoms with Crippen LogP contribution >= 0.6 is 11.3 Å². The van der Waals surface area contributed by atoms with Crippen molar-refractivity contribution in [2.75, 3.05) is 19.6 Å². The van der Waals surface area contributed by atoms with E-state index >= 15 is 0 Å². The maximum absolute atomic E-state index is 12.2. The molecule has 0 bridgehead atoms. The van der Waals surface area contributed by atoms with E-state index in [1.54, 1.807) is 0 Å². The number of amides is 4. The van der Waals surface area contributed by atoms with Crippen molar-refractivity contribution in [3.63, 3.8) is 0 Å². The number of carbonyl (C=O) groups excluding carboxylic acids is 3. The second-order valence-electron chi connectivity index (χ2n) is 5.79. The molecule has 1 saturated heterocycles. The Hall–Kier alpha value is -2.75. The van der Waals surface area contributed by atoms with Gasteiger partial charge in [-0.05, 0) is 19.4 Å². The largest absolute Gasteiger partial charge is 0.354 e. The fourth-order valence-electron chi connectivity index (χ4n) is 2.58. The summed E-state index contributed by atoms with van der Waals surface area (Å²) in [7, 11) is 0. The van der Waals surface area contributed by atoms with Crippen molar-refractivity contribution in [3.8, 4) is 0 Å². The summed E-state index contributed by atoms with van der Waals surface area (Å²) >= 11 is 1.47. The van der Waals surface area contributed by atoms with Gasteiger partial charge in [-0.2, -0.15) is 0 Å². The highest BCUT2D eigenvalue weighted by molar-refractivity contribution is 7.18. The number of rotatable bonds is 5. The van der Waals surface area contributed by atoms with Crippen molar-refractivity contribution in [1.29, 1.82) is 0 Å². The van der Waals surface area contributed by atoms with Gasteiger partial charge in [0.25, 0.3) is 5.56 Å². The molecule has 9 nitrogen and oxygen atoms in total. The lowest BCUT2D eigenvalue weighted by Gasteiger charge is -2.12. The average molecular weight is 363 g/mol. The van der Waals surface area contributed by atoms with Gasteiger partial charge in [-0.25, -0.2) is 9.78 Å². The fourth-order valence-corrected chi connectivity index (χ4v) is 3.63. The topological polar surface area (TPSA) is 124 Å². The van der Waals surface area contributed by atoms with Gasteiger partial charge >= 0.3 is 6.03 Å². The Labute approximate surface area is 146 Å². The third-order valence-corrected chi connectivity index (χ3v) is 5.08. The van der Waals surface area contributed by atoms with Gasteiger partial charge in [0.1, 0.15) is 23.7 Å². The first-order chi connectivity index (χ1) is 11.8. The van der Waals surface area contributed by atoms with E-state index in [-0.39, 0.29) is 31.1 Å². The predicted octanol–water partition coefficient (Wildman–Crippen LogP) is -0.188. The summed E-state index contributed by atoms with van der Waals surface area (Å²) in [6, 6.07) is -0.569. The van der Waals surface area contributed by atoms with Crippen molar-refractivity contribution in [1.82, 2.24) is 25.5 Å². The number of carbonyl (C=O) groups is 3. The predicted molar refractivity (Wildman–Crippen MR) is 91.5 cm³/mol. The van der Waals surface area contributed by atoms with E-state index in [9.17, 15) is 19.2 Å². The van der Waals surface area contributed by atoms with Crippen LogP contribution in [0.5, 0.6) is 0 Å². The van der Waals surface area contributed by atoms with Crippen LogP contribution in [0.15, 0.2) is 4.79 Å². The van der Waals surface area contributed by atoms with Crippen LogP contribution in [0, 0.1) is 13.8 Å².